The van der Waals surface area contributed by atoms with E-state index in [0.29, 0.717) is 12.4 Å². The van der Waals surface area contributed by atoms with Crippen molar-refractivity contribution in [3.63, 3.8) is 0 Å². The first-order valence-electron chi connectivity index (χ1n) is 6.57. The topological polar surface area (TPSA) is 43.8 Å². The van der Waals surface area contributed by atoms with Crippen LogP contribution in [0.15, 0.2) is 24.3 Å². The summed E-state index contributed by atoms with van der Waals surface area (Å²) in [6, 6.07) is 8.53. The molecule has 1 heterocycles. The van der Waals surface area contributed by atoms with Crippen molar-refractivity contribution in [2.75, 3.05) is 5.73 Å². The molecular formula is C16H17N3. The molecule has 3 heteroatoms. The third-order valence-electron chi connectivity index (χ3n) is 3.66. The molecule has 0 radical (unpaired) electrons. The molecule has 1 fully saturated rings. The van der Waals surface area contributed by atoms with E-state index >= 15 is 0 Å². The van der Waals surface area contributed by atoms with Crippen molar-refractivity contribution >= 4 is 5.82 Å². The largest absolute Gasteiger partial charge is 0.383 e. The number of nitrogens with two attached hydrogens (primary N) is 1. The third kappa shape index (κ3) is 2.10. The van der Waals surface area contributed by atoms with Gasteiger partial charge in [0.2, 0.25) is 0 Å². The van der Waals surface area contributed by atoms with Gasteiger partial charge in [-0.3, -0.25) is 0 Å². The maximum absolute atomic E-state index is 6.17. The summed E-state index contributed by atoms with van der Waals surface area (Å²) in [6.07, 6.45) is 7.95. The smallest absolute Gasteiger partial charge is 0.132 e. The van der Waals surface area contributed by atoms with Gasteiger partial charge in [-0.25, -0.2) is 4.98 Å². The molecule has 0 amide bonds. The molecule has 0 aliphatic heterocycles. The summed E-state index contributed by atoms with van der Waals surface area (Å²) in [4.78, 5) is 4.56. The zero-order valence-electron chi connectivity index (χ0n) is 11.1. The number of aromatic nitrogens is 2. The molecule has 1 aromatic heterocycles. The van der Waals surface area contributed by atoms with E-state index in [4.69, 9.17) is 12.2 Å². The van der Waals surface area contributed by atoms with Gasteiger partial charge in [-0.2, -0.15) is 0 Å². The number of benzene rings is 1. The van der Waals surface area contributed by atoms with Gasteiger partial charge in [0.15, 0.2) is 0 Å². The monoisotopic (exact) mass is 251 g/mol. The molecule has 2 aromatic rings. The van der Waals surface area contributed by atoms with Crippen LogP contribution in [0.1, 0.15) is 30.1 Å². The summed E-state index contributed by atoms with van der Waals surface area (Å²) >= 11 is 0. The number of hydrogen-bond acceptors (Lipinski definition) is 2. The summed E-state index contributed by atoms with van der Waals surface area (Å²) in [5.41, 5.74) is 9.49. The predicted molar refractivity (Wildman–Crippen MR) is 77.6 cm³/mol. The van der Waals surface area contributed by atoms with Crippen molar-refractivity contribution in [3.05, 3.63) is 35.7 Å². The average Bonchev–Trinajstić information content (AvgIpc) is 3.22. The lowest BCUT2D eigenvalue weighted by molar-refractivity contribution is 0.807. The zero-order chi connectivity index (χ0) is 13.4. The minimum atomic E-state index is 0.465. The number of nitrogens with zero attached hydrogens (tertiary/aromatic N) is 2. The lowest BCUT2D eigenvalue weighted by Crippen LogP contribution is -2.03. The molecule has 0 saturated heterocycles. The Kier molecular flexibility index (Phi) is 2.79. The first-order valence-corrected chi connectivity index (χ1v) is 6.57. The van der Waals surface area contributed by atoms with E-state index in [1.165, 1.54) is 18.4 Å². The fourth-order valence-corrected chi connectivity index (χ4v) is 2.44. The molecule has 96 valence electrons. The SMILES string of the molecule is C#CCn1c(C)nc(-c2cccc(C3CC3)c2)c1N. The summed E-state index contributed by atoms with van der Waals surface area (Å²) in [6.45, 7) is 2.40. The van der Waals surface area contributed by atoms with Crippen LogP contribution in [0.2, 0.25) is 0 Å². The molecular weight excluding hydrogens is 234 g/mol. The Morgan fingerprint density at radius 1 is 1.47 bits per heavy atom. The maximum atomic E-state index is 6.17. The molecule has 2 N–H and O–H groups in total. The minimum absolute atomic E-state index is 0.465. The molecule has 1 aliphatic carbocycles. The van der Waals surface area contributed by atoms with E-state index in [0.717, 1.165) is 23.0 Å². The van der Waals surface area contributed by atoms with Crippen molar-refractivity contribution in [2.45, 2.75) is 32.2 Å². The lowest BCUT2D eigenvalue weighted by Gasteiger charge is -2.04. The normalized spacial score (nSPS) is 14.3. The first kappa shape index (κ1) is 11.9. The molecule has 0 spiro atoms. The fourth-order valence-electron chi connectivity index (χ4n) is 2.44. The Morgan fingerprint density at radius 2 is 2.26 bits per heavy atom. The van der Waals surface area contributed by atoms with Gasteiger partial charge in [0.05, 0.1) is 6.54 Å². The van der Waals surface area contributed by atoms with Gasteiger partial charge in [0, 0.05) is 5.56 Å². The summed E-state index contributed by atoms with van der Waals surface area (Å²) in [5.74, 6) is 4.86. The second-order valence-electron chi connectivity index (χ2n) is 5.08. The van der Waals surface area contributed by atoms with Crippen LogP contribution >= 0.6 is 0 Å². The summed E-state index contributed by atoms with van der Waals surface area (Å²) in [5, 5.41) is 0. The van der Waals surface area contributed by atoms with E-state index in [9.17, 15) is 0 Å². The highest BCUT2D eigenvalue weighted by Crippen LogP contribution is 2.41. The van der Waals surface area contributed by atoms with Gasteiger partial charge in [-0.1, -0.05) is 24.1 Å². The molecule has 0 atom stereocenters. The fraction of sp³-hybridized carbons (Fsp3) is 0.312. The van der Waals surface area contributed by atoms with E-state index in [-0.39, 0.29) is 0 Å². The second kappa shape index (κ2) is 4.47. The van der Waals surface area contributed by atoms with Crippen molar-refractivity contribution in [3.8, 4) is 23.6 Å². The zero-order valence-corrected chi connectivity index (χ0v) is 11.1. The van der Waals surface area contributed by atoms with Gasteiger partial charge < -0.3 is 10.3 Å². The molecule has 3 rings (SSSR count). The predicted octanol–water partition coefficient (Wildman–Crippen LogP) is 2.95. The number of anilines is 1. The Hall–Kier alpha value is -2.21. The standard InChI is InChI=1S/C16H17N3/c1-3-9-19-11(2)18-15(16(19)17)14-6-4-5-13(10-14)12-7-8-12/h1,4-6,10,12H,7-9,17H2,2H3. The quantitative estimate of drug-likeness (QED) is 0.852. The number of aryl methyl sites for hydroxylation is 1. The molecule has 19 heavy (non-hydrogen) atoms. The molecule has 0 bridgehead atoms. The Balaban J connectivity index is 2.04. The number of nitrogen functional groups attached to an aromatic ring is 1. The number of hydrogen-bond donors (Lipinski definition) is 1. The summed E-state index contributed by atoms with van der Waals surface area (Å²) < 4.78 is 1.87. The molecule has 0 unspecified atom stereocenters. The van der Waals surface area contributed by atoms with Crippen LogP contribution < -0.4 is 5.73 Å². The van der Waals surface area contributed by atoms with Gasteiger partial charge in [-0.15, -0.1) is 6.42 Å². The van der Waals surface area contributed by atoms with Gasteiger partial charge in [-0.05, 0) is 37.3 Å². The van der Waals surface area contributed by atoms with Gasteiger partial charge in [0.1, 0.15) is 17.3 Å². The van der Waals surface area contributed by atoms with Gasteiger partial charge in [0.25, 0.3) is 0 Å². The number of rotatable bonds is 3. The van der Waals surface area contributed by atoms with Crippen molar-refractivity contribution in [1.29, 1.82) is 0 Å². The minimum Gasteiger partial charge on any atom is -0.383 e. The third-order valence-corrected chi connectivity index (χ3v) is 3.66. The van der Waals surface area contributed by atoms with Crippen LogP contribution in [-0.2, 0) is 6.54 Å². The van der Waals surface area contributed by atoms with E-state index in [1.54, 1.807) is 0 Å². The number of terminal acetylenes is 1. The Bertz CT molecular complexity index is 657. The first-order chi connectivity index (χ1) is 9.20. The van der Waals surface area contributed by atoms with Crippen LogP contribution in [0.5, 0.6) is 0 Å². The van der Waals surface area contributed by atoms with Crippen molar-refractivity contribution in [1.82, 2.24) is 9.55 Å². The lowest BCUT2D eigenvalue weighted by atomic mass is 10.1. The average molecular weight is 251 g/mol. The summed E-state index contributed by atoms with van der Waals surface area (Å²) in [7, 11) is 0. The Labute approximate surface area is 113 Å². The van der Waals surface area contributed by atoms with Crippen LogP contribution in [-0.4, -0.2) is 9.55 Å². The molecule has 3 nitrogen and oxygen atoms in total. The number of imidazole rings is 1. The van der Waals surface area contributed by atoms with E-state index in [1.807, 2.05) is 11.5 Å². The van der Waals surface area contributed by atoms with Crippen LogP contribution in [0.4, 0.5) is 5.82 Å². The van der Waals surface area contributed by atoms with E-state index in [2.05, 4.69) is 35.2 Å². The highest BCUT2D eigenvalue weighted by Gasteiger charge is 2.24. The second-order valence-corrected chi connectivity index (χ2v) is 5.08. The van der Waals surface area contributed by atoms with Crippen molar-refractivity contribution < 1.29 is 0 Å². The highest BCUT2D eigenvalue weighted by molar-refractivity contribution is 5.71. The van der Waals surface area contributed by atoms with E-state index < -0.39 is 0 Å². The highest BCUT2D eigenvalue weighted by atomic mass is 15.1. The van der Waals surface area contributed by atoms with Crippen LogP contribution in [0.25, 0.3) is 11.3 Å². The molecule has 1 aromatic carbocycles. The van der Waals surface area contributed by atoms with Crippen LogP contribution in [0.3, 0.4) is 0 Å². The van der Waals surface area contributed by atoms with Crippen LogP contribution in [0, 0.1) is 19.3 Å². The Morgan fingerprint density at radius 3 is 2.95 bits per heavy atom. The van der Waals surface area contributed by atoms with Gasteiger partial charge >= 0.3 is 0 Å². The molecule has 1 saturated carbocycles. The molecule has 1 aliphatic rings. The van der Waals surface area contributed by atoms with Crippen molar-refractivity contribution in [2.24, 2.45) is 0 Å². The maximum Gasteiger partial charge on any atom is 0.132 e.